The van der Waals surface area contributed by atoms with Gasteiger partial charge in [-0.1, -0.05) is 20.8 Å². The predicted octanol–water partition coefficient (Wildman–Crippen LogP) is 0.985. The Kier molecular flexibility index (Phi) is 9.60. The van der Waals surface area contributed by atoms with Crippen LogP contribution in [0, 0.1) is 23.2 Å². The van der Waals surface area contributed by atoms with Gasteiger partial charge in [0.05, 0.1) is 29.2 Å². The zero-order chi connectivity index (χ0) is 37.1. The molecule has 2 saturated carbocycles. The van der Waals surface area contributed by atoms with Crippen molar-refractivity contribution in [3.05, 3.63) is 29.6 Å². The van der Waals surface area contributed by atoms with E-state index >= 15 is 0 Å². The van der Waals surface area contributed by atoms with Crippen LogP contribution in [0.1, 0.15) is 77.4 Å². The van der Waals surface area contributed by atoms with Crippen LogP contribution in [0.15, 0.2) is 18.3 Å². The number of aliphatic hydroxyl groups excluding tert-OH is 1. The maximum atomic E-state index is 14.7. The summed E-state index contributed by atoms with van der Waals surface area (Å²) in [5.74, 6) is -11.0. The van der Waals surface area contributed by atoms with Gasteiger partial charge in [-0.15, -0.1) is 0 Å². The number of hydrogen-bond acceptors (Lipinski definition) is 16. The number of cyclic esters (lactones) is 1. The summed E-state index contributed by atoms with van der Waals surface area (Å²) in [5, 5.41) is 12.4. The molecule has 3 heterocycles. The van der Waals surface area contributed by atoms with Crippen molar-refractivity contribution in [3.8, 4) is 0 Å². The molecule has 2 aliphatic heterocycles. The molecule has 1 aromatic rings. The van der Waals surface area contributed by atoms with Crippen LogP contribution in [0.4, 0.5) is 0 Å². The Morgan fingerprint density at radius 2 is 1.58 bits per heavy atom. The Morgan fingerprint density at radius 1 is 0.940 bits per heavy atom. The van der Waals surface area contributed by atoms with Gasteiger partial charge in [-0.05, 0) is 19.1 Å². The lowest BCUT2D eigenvalue weighted by Gasteiger charge is -2.63. The summed E-state index contributed by atoms with van der Waals surface area (Å²) in [7, 11) is 0. The number of rotatable bonds is 5. The molecule has 12 unspecified atom stereocenters. The minimum absolute atomic E-state index is 0.0228. The van der Waals surface area contributed by atoms with Gasteiger partial charge >= 0.3 is 35.8 Å². The van der Waals surface area contributed by atoms with Crippen molar-refractivity contribution in [2.45, 2.75) is 103 Å². The number of ether oxygens (including phenoxy) is 7. The highest BCUT2D eigenvalue weighted by Gasteiger charge is 2.86. The van der Waals surface area contributed by atoms with Crippen LogP contribution in [0.2, 0.25) is 0 Å². The average Bonchev–Trinajstić information content (AvgIpc) is 3.24. The van der Waals surface area contributed by atoms with Gasteiger partial charge < -0.3 is 38.3 Å². The summed E-state index contributed by atoms with van der Waals surface area (Å²) >= 11 is 0. The van der Waals surface area contributed by atoms with E-state index < -0.39 is 126 Å². The van der Waals surface area contributed by atoms with Gasteiger partial charge in [0.25, 0.3) is 0 Å². The van der Waals surface area contributed by atoms with E-state index in [0.717, 1.165) is 27.7 Å². The molecule has 4 aliphatic rings. The fraction of sp³-hybridized carbons (Fsp3) is 0.647. The van der Waals surface area contributed by atoms with Crippen molar-refractivity contribution < 1.29 is 71.8 Å². The quantitative estimate of drug-likeness (QED) is 0.334. The second-order valence-corrected chi connectivity index (χ2v) is 13.7. The molecule has 0 radical (unpaired) electrons. The Morgan fingerprint density at radius 3 is 2.18 bits per heavy atom. The van der Waals surface area contributed by atoms with Crippen LogP contribution in [0.5, 0.6) is 0 Å². The first-order valence-electron chi connectivity index (χ1n) is 16.2. The summed E-state index contributed by atoms with van der Waals surface area (Å²) in [5.41, 5.74) is -6.20. The molecular formula is C34H41NO15. The summed E-state index contributed by atoms with van der Waals surface area (Å²) < 4.78 is 41.4. The predicted molar refractivity (Wildman–Crippen MR) is 164 cm³/mol. The zero-order valence-electron chi connectivity index (χ0n) is 29.0. The Bertz CT molecular complexity index is 1630. The van der Waals surface area contributed by atoms with Gasteiger partial charge in [-0.3, -0.25) is 33.8 Å². The molecule has 50 heavy (non-hydrogen) atoms. The molecule has 0 amide bonds. The van der Waals surface area contributed by atoms with E-state index in [-0.39, 0.29) is 11.3 Å². The second kappa shape index (κ2) is 13.0. The van der Waals surface area contributed by atoms with Crippen molar-refractivity contribution in [2.24, 2.45) is 23.2 Å². The van der Waals surface area contributed by atoms with Gasteiger partial charge in [0.2, 0.25) is 0 Å². The fourth-order valence-electron chi connectivity index (χ4n) is 8.39. The van der Waals surface area contributed by atoms with Crippen molar-refractivity contribution in [1.82, 2.24) is 4.98 Å². The number of nitrogens with zero attached hydrogens (tertiary/aromatic N) is 1. The second-order valence-electron chi connectivity index (χ2n) is 13.7. The number of Topliss-reactive ketones (excluding diaryl/α,β-unsaturated/α-hetero) is 1. The van der Waals surface area contributed by atoms with E-state index in [2.05, 4.69) is 4.98 Å². The largest absolute Gasteiger partial charge is 0.465 e. The molecule has 12 atom stereocenters. The maximum Gasteiger partial charge on any atom is 0.340 e. The number of carbonyl (C=O) groups is 7. The van der Waals surface area contributed by atoms with E-state index in [4.69, 9.17) is 33.2 Å². The van der Waals surface area contributed by atoms with Crippen LogP contribution >= 0.6 is 0 Å². The molecule has 1 spiro atoms. The van der Waals surface area contributed by atoms with Gasteiger partial charge in [0, 0.05) is 45.7 Å². The molecule has 16 nitrogen and oxygen atoms in total. The minimum atomic E-state index is -2.33. The Balaban J connectivity index is 1.87. The van der Waals surface area contributed by atoms with Crippen LogP contribution in [-0.2, 0) is 61.9 Å². The van der Waals surface area contributed by atoms with Crippen molar-refractivity contribution in [2.75, 3.05) is 13.2 Å². The molecule has 1 saturated heterocycles. The lowest BCUT2D eigenvalue weighted by Crippen LogP contribution is -2.83. The monoisotopic (exact) mass is 703 g/mol. The first-order chi connectivity index (χ1) is 23.3. The van der Waals surface area contributed by atoms with Crippen LogP contribution in [0.25, 0.3) is 0 Å². The van der Waals surface area contributed by atoms with E-state index in [1.807, 2.05) is 0 Å². The third-order valence-corrected chi connectivity index (χ3v) is 10.6. The average molecular weight is 704 g/mol. The Hall–Kier alpha value is -4.44. The number of carbonyl (C=O) groups excluding carboxylic acids is 7. The zero-order valence-corrected chi connectivity index (χ0v) is 29.0. The number of esters is 6. The molecule has 0 aromatic carbocycles. The van der Waals surface area contributed by atoms with E-state index in [0.29, 0.717) is 0 Å². The van der Waals surface area contributed by atoms with Crippen LogP contribution in [0.3, 0.4) is 0 Å². The number of fused-ring (bicyclic) bond motifs is 5. The van der Waals surface area contributed by atoms with Crippen molar-refractivity contribution in [3.63, 3.8) is 0 Å². The van der Waals surface area contributed by atoms with E-state index in [9.17, 15) is 38.7 Å². The van der Waals surface area contributed by atoms with Crippen LogP contribution < -0.4 is 0 Å². The van der Waals surface area contributed by atoms with Crippen LogP contribution in [-0.4, -0.2) is 107 Å². The smallest absolute Gasteiger partial charge is 0.340 e. The summed E-state index contributed by atoms with van der Waals surface area (Å²) in [6.07, 6.45) is -7.58. The molecular weight excluding hydrogens is 662 g/mol. The summed E-state index contributed by atoms with van der Waals surface area (Å²) in [6, 6.07) is 2.96. The molecule has 1 aromatic heterocycles. The minimum Gasteiger partial charge on any atom is -0.465 e. The molecule has 272 valence electrons. The number of pyridine rings is 1. The summed E-state index contributed by atoms with van der Waals surface area (Å²) in [4.78, 5) is 97.5. The molecule has 4 bridgehead atoms. The van der Waals surface area contributed by atoms with Gasteiger partial charge in [0.15, 0.2) is 24.1 Å². The van der Waals surface area contributed by atoms with Gasteiger partial charge in [-0.25, -0.2) is 4.79 Å². The summed E-state index contributed by atoms with van der Waals surface area (Å²) in [6.45, 7) is 8.71. The van der Waals surface area contributed by atoms with E-state index in [1.54, 1.807) is 6.92 Å². The lowest BCUT2D eigenvalue weighted by atomic mass is 9.47. The molecule has 2 aliphatic carbocycles. The maximum absolute atomic E-state index is 14.7. The number of aliphatic hydroxyl groups is 1. The first-order valence-corrected chi connectivity index (χ1v) is 16.2. The normalized spacial score (nSPS) is 39.2. The standard InChI is InChI=1S/C34H41NO15/c1-14-15(2)30(42)49-25-16(3)34-27(41)22(32(8,50-34)12-45-31(43)21-10-9-11-35-23(14)21)24(40)28(47-19(6)38)33(34,13-44-17(4)36)29(48-20(7)39)26(25)46-18(5)37/h9-11,14-16,22,25-29,41H,12-13H2,1-8H3. The highest BCUT2D eigenvalue weighted by atomic mass is 16.6. The fourth-order valence-corrected chi connectivity index (χ4v) is 8.39. The van der Waals surface area contributed by atoms with Crippen molar-refractivity contribution >= 4 is 41.6 Å². The molecule has 16 heteroatoms. The van der Waals surface area contributed by atoms with Crippen molar-refractivity contribution in [1.29, 1.82) is 0 Å². The number of ketones is 1. The number of hydrogen-bond donors (Lipinski definition) is 1. The lowest BCUT2D eigenvalue weighted by molar-refractivity contribution is -0.335. The number of aromatic nitrogens is 1. The first kappa shape index (κ1) is 36.8. The van der Waals surface area contributed by atoms with E-state index in [1.165, 1.54) is 39.1 Å². The molecule has 3 fully saturated rings. The highest BCUT2D eigenvalue weighted by molar-refractivity contribution is 5.93. The SMILES string of the molecule is CC(=O)OCC12C(OC(C)=O)C(=O)C3C(O)C14OC3(C)COC(=O)c1cccnc1C(C)C(C)C(=O)OC(C(OC(C)=O)C2OC(C)=O)C4C. The Labute approximate surface area is 287 Å². The third kappa shape index (κ3) is 5.52. The molecule has 5 rings (SSSR count). The molecule has 1 N–H and O–H groups in total. The van der Waals surface area contributed by atoms with Gasteiger partial charge in [0.1, 0.15) is 35.9 Å². The highest BCUT2D eigenvalue weighted by Crippen LogP contribution is 2.67. The van der Waals surface area contributed by atoms with Gasteiger partial charge in [-0.2, -0.15) is 0 Å². The topological polar surface area (TPSA) is 217 Å². The third-order valence-electron chi connectivity index (χ3n) is 10.6.